The number of aromatic nitrogens is 1. The van der Waals surface area contributed by atoms with Crippen LogP contribution >= 0.6 is 0 Å². The third-order valence-electron chi connectivity index (χ3n) is 1.66. The maximum Gasteiger partial charge on any atom is 0.312 e. The molecule has 0 aliphatic rings. The predicted molar refractivity (Wildman–Crippen MR) is 47.0 cm³/mol. The first kappa shape index (κ1) is 9.57. The highest BCUT2D eigenvalue weighted by Crippen LogP contribution is 2.09. The van der Waals surface area contributed by atoms with Crippen molar-refractivity contribution in [1.29, 1.82) is 0 Å². The van der Waals surface area contributed by atoms with E-state index in [4.69, 9.17) is 10.2 Å². The van der Waals surface area contributed by atoms with Gasteiger partial charge in [-0.15, -0.1) is 0 Å². The van der Waals surface area contributed by atoms with E-state index in [-0.39, 0.29) is 0 Å². The molecule has 72 valence electrons. The monoisotopic (exact) mass is 183 g/mol. The van der Waals surface area contributed by atoms with Crippen LogP contribution in [0.1, 0.15) is 24.3 Å². The zero-order valence-electron chi connectivity index (χ0n) is 7.76. The van der Waals surface area contributed by atoms with Gasteiger partial charge in [0.2, 0.25) is 0 Å². The second-order valence-electron chi connectivity index (χ2n) is 2.69. The molecule has 13 heavy (non-hydrogen) atoms. The number of primary amides is 1. The van der Waals surface area contributed by atoms with Crippen LogP contribution in [0.25, 0.3) is 0 Å². The number of rotatable bonds is 3. The number of amides is 2. The summed E-state index contributed by atoms with van der Waals surface area (Å²) in [5, 5.41) is 2.45. The van der Waals surface area contributed by atoms with E-state index in [9.17, 15) is 4.79 Å². The zero-order valence-corrected chi connectivity index (χ0v) is 7.76. The highest BCUT2D eigenvalue weighted by molar-refractivity contribution is 5.71. The van der Waals surface area contributed by atoms with Crippen LogP contribution in [0.2, 0.25) is 0 Å². The van der Waals surface area contributed by atoms with Gasteiger partial charge >= 0.3 is 6.03 Å². The van der Waals surface area contributed by atoms with E-state index in [0.717, 1.165) is 12.1 Å². The van der Waals surface area contributed by atoms with Crippen molar-refractivity contribution in [1.82, 2.24) is 10.3 Å². The van der Waals surface area contributed by atoms with Gasteiger partial charge in [-0.05, 0) is 6.92 Å². The molecule has 5 nitrogen and oxygen atoms in total. The molecule has 2 amide bonds. The lowest BCUT2D eigenvalue weighted by atomic mass is 10.4. The Morgan fingerprint density at radius 2 is 2.38 bits per heavy atom. The lowest BCUT2D eigenvalue weighted by Crippen LogP contribution is -2.28. The van der Waals surface area contributed by atoms with Gasteiger partial charge in [-0.2, -0.15) is 0 Å². The Bertz CT molecular complexity index is 306. The molecule has 0 saturated carbocycles. The Morgan fingerprint density at radius 3 is 2.85 bits per heavy atom. The summed E-state index contributed by atoms with van der Waals surface area (Å²) in [6.07, 6.45) is 0.747. The van der Waals surface area contributed by atoms with E-state index in [1.807, 2.05) is 13.8 Å². The third kappa shape index (κ3) is 2.47. The van der Waals surface area contributed by atoms with E-state index < -0.39 is 6.03 Å². The van der Waals surface area contributed by atoms with Crippen LogP contribution in [0.15, 0.2) is 4.42 Å². The highest BCUT2D eigenvalue weighted by atomic mass is 16.4. The van der Waals surface area contributed by atoms with E-state index in [1.54, 1.807) is 0 Å². The van der Waals surface area contributed by atoms with E-state index in [0.29, 0.717) is 18.2 Å². The molecule has 0 aromatic carbocycles. The van der Waals surface area contributed by atoms with Gasteiger partial charge in [0.25, 0.3) is 0 Å². The average Bonchev–Trinajstić information content (AvgIpc) is 2.43. The quantitative estimate of drug-likeness (QED) is 0.724. The van der Waals surface area contributed by atoms with Gasteiger partial charge in [-0.25, -0.2) is 9.78 Å². The minimum Gasteiger partial charge on any atom is -0.444 e. The number of nitrogens with one attached hydrogen (secondary N) is 1. The second-order valence-corrected chi connectivity index (χ2v) is 2.69. The minimum absolute atomic E-state index is 0.300. The summed E-state index contributed by atoms with van der Waals surface area (Å²) in [7, 11) is 0. The zero-order chi connectivity index (χ0) is 9.84. The molecule has 0 radical (unpaired) electrons. The van der Waals surface area contributed by atoms with Crippen LogP contribution in [0.3, 0.4) is 0 Å². The Balaban J connectivity index is 2.65. The van der Waals surface area contributed by atoms with Crippen molar-refractivity contribution in [2.24, 2.45) is 5.73 Å². The van der Waals surface area contributed by atoms with Crippen LogP contribution in [0.4, 0.5) is 4.79 Å². The lowest BCUT2D eigenvalue weighted by molar-refractivity contribution is 0.247. The molecule has 1 aromatic rings. The maximum absolute atomic E-state index is 10.4. The smallest absolute Gasteiger partial charge is 0.312 e. The molecular weight excluding hydrogens is 170 g/mol. The summed E-state index contributed by atoms with van der Waals surface area (Å²) in [6, 6.07) is -0.561. The predicted octanol–water partition coefficient (Wildman–Crippen LogP) is 0.714. The highest BCUT2D eigenvalue weighted by Gasteiger charge is 2.07. The molecule has 0 aliphatic carbocycles. The molecular formula is C8H13N3O2. The molecule has 0 aliphatic heterocycles. The van der Waals surface area contributed by atoms with Crippen molar-refractivity contribution in [3.8, 4) is 0 Å². The molecule has 0 fully saturated rings. The van der Waals surface area contributed by atoms with Gasteiger partial charge in [-0.1, -0.05) is 6.92 Å². The SMILES string of the molecule is CCc1nc(C)c(CNC(N)=O)o1. The number of aryl methyl sites for hydroxylation is 2. The molecule has 3 N–H and O–H groups in total. The fraction of sp³-hybridized carbons (Fsp3) is 0.500. The van der Waals surface area contributed by atoms with Crippen LogP contribution < -0.4 is 11.1 Å². The second kappa shape index (κ2) is 3.93. The molecule has 1 rings (SSSR count). The van der Waals surface area contributed by atoms with Crippen molar-refractivity contribution < 1.29 is 9.21 Å². The van der Waals surface area contributed by atoms with Crippen LogP contribution in [0.5, 0.6) is 0 Å². The van der Waals surface area contributed by atoms with Gasteiger partial charge < -0.3 is 15.5 Å². The van der Waals surface area contributed by atoms with Gasteiger partial charge in [0, 0.05) is 6.42 Å². The normalized spacial score (nSPS) is 10.0. The van der Waals surface area contributed by atoms with Gasteiger partial charge in [0.1, 0.15) is 5.76 Å². The van der Waals surface area contributed by atoms with Gasteiger partial charge in [-0.3, -0.25) is 0 Å². The topological polar surface area (TPSA) is 81.1 Å². The Kier molecular flexibility index (Phi) is 2.89. The fourth-order valence-electron chi connectivity index (χ4n) is 0.971. The van der Waals surface area contributed by atoms with Crippen LogP contribution in [-0.2, 0) is 13.0 Å². The number of carbonyl (C=O) groups excluding carboxylic acids is 1. The standard InChI is InChI=1S/C8H13N3O2/c1-3-7-11-5(2)6(13-7)4-10-8(9)12/h3-4H2,1-2H3,(H3,9,10,12). The minimum atomic E-state index is -0.561. The van der Waals surface area contributed by atoms with E-state index in [1.165, 1.54) is 0 Å². The van der Waals surface area contributed by atoms with Gasteiger partial charge in [0.15, 0.2) is 5.89 Å². The van der Waals surface area contributed by atoms with Crippen molar-refractivity contribution >= 4 is 6.03 Å². The number of oxazole rings is 1. The fourth-order valence-corrected chi connectivity index (χ4v) is 0.971. The van der Waals surface area contributed by atoms with Crippen LogP contribution in [0, 0.1) is 6.92 Å². The Hall–Kier alpha value is -1.52. The van der Waals surface area contributed by atoms with E-state index in [2.05, 4.69) is 10.3 Å². The van der Waals surface area contributed by atoms with Crippen molar-refractivity contribution in [2.75, 3.05) is 0 Å². The Labute approximate surface area is 76.3 Å². The molecule has 1 heterocycles. The van der Waals surface area contributed by atoms with Gasteiger partial charge in [0.05, 0.1) is 12.2 Å². The summed E-state index contributed by atoms with van der Waals surface area (Å²) in [5.41, 5.74) is 5.71. The number of hydrogen-bond donors (Lipinski definition) is 2. The number of carbonyl (C=O) groups is 1. The number of hydrogen-bond acceptors (Lipinski definition) is 3. The first-order chi connectivity index (χ1) is 6.13. The molecule has 1 aromatic heterocycles. The first-order valence-electron chi connectivity index (χ1n) is 4.12. The lowest BCUT2D eigenvalue weighted by Gasteiger charge is -1.97. The number of nitrogens with zero attached hydrogens (tertiary/aromatic N) is 1. The summed E-state index contributed by atoms with van der Waals surface area (Å²) < 4.78 is 5.33. The molecule has 0 atom stereocenters. The third-order valence-corrected chi connectivity index (χ3v) is 1.66. The number of nitrogens with two attached hydrogens (primary N) is 1. The summed E-state index contributed by atoms with van der Waals surface area (Å²) in [6.45, 7) is 4.09. The van der Waals surface area contributed by atoms with E-state index >= 15 is 0 Å². The number of urea groups is 1. The molecule has 0 bridgehead atoms. The van der Waals surface area contributed by atoms with Crippen molar-refractivity contribution in [2.45, 2.75) is 26.8 Å². The average molecular weight is 183 g/mol. The summed E-state index contributed by atoms with van der Waals surface area (Å²) >= 11 is 0. The first-order valence-corrected chi connectivity index (χ1v) is 4.12. The molecule has 5 heteroatoms. The Morgan fingerprint density at radius 1 is 1.69 bits per heavy atom. The summed E-state index contributed by atoms with van der Waals surface area (Å²) in [5.74, 6) is 1.34. The largest absolute Gasteiger partial charge is 0.444 e. The van der Waals surface area contributed by atoms with Crippen LogP contribution in [-0.4, -0.2) is 11.0 Å². The molecule has 0 unspecified atom stereocenters. The van der Waals surface area contributed by atoms with Crippen molar-refractivity contribution in [3.63, 3.8) is 0 Å². The van der Waals surface area contributed by atoms with Crippen molar-refractivity contribution in [3.05, 3.63) is 17.3 Å². The summed E-state index contributed by atoms with van der Waals surface area (Å²) in [4.78, 5) is 14.6. The maximum atomic E-state index is 10.4. The molecule has 0 spiro atoms. The molecule has 0 saturated heterocycles.